The molecule has 31 heavy (non-hydrogen) atoms. The third kappa shape index (κ3) is 7.97. The third-order valence-electron chi connectivity index (χ3n) is 6.34. The monoisotopic (exact) mass is 442 g/mol. The molecule has 1 fully saturated rings. The lowest BCUT2D eigenvalue weighted by Gasteiger charge is -2.32. The van der Waals surface area contributed by atoms with Gasteiger partial charge in [-0.1, -0.05) is 37.6 Å². The van der Waals surface area contributed by atoms with Crippen molar-refractivity contribution in [2.75, 3.05) is 37.8 Å². The number of nitrogens with one attached hydrogen (secondary N) is 1. The quantitative estimate of drug-likeness (QED) is 0.487. The smallest absolute Gasteiger partial charge is 0.175 e. The molecule has 5 heteroatoms. The number of unbranched alkanes of at least 4 members (excludes halogenated alkanes) is 1. The molecule has 0 aliphatic carbocycles. The van der Waals surface area contributed by atoms with Crippen molar-refractivity contribution in [1.82, 2.24) is 4.90 Å². The summed E-state index contributed by atoms with van der Waals surface area (Å²) < 4.78 is 23.2. The summed E-state index contributed by atoms with van der Waals surface area (Å²) in [5.74, 6) is 0.699. The van der Waals surface area contributed by atoms with Gasteiger partial charge in [-0.2, -0.15) is 0 Å². The predicted molar refractivity (Wildman–Crippen MR) is 131 cm³/mol. The Bertz CT molecular complexity index is 884. The minimum atomic E-state index is -3.11. The summed E-state index contributed by atoms with van der Waals surface area (Å²) in [6.45, 7) is 6.73. The Balaban J connectivity index is 1.31. The van der Waals surface area contributed by atoms with Gasteiger partial charge in [-0.05, 0) is 99.5 Å². The van der Waals surface area contributed by atoms with Gasteiger partial charge in [0.1, 0.15) is 0 Å². The van der Waals surface area contributed by atoms with Gasteiger partial charge in [0, 0.05) is 18.5 Å². The van der Waals surface area contributed by atoms with Gasteiger partial charge in [-0.25, -0.2) is 8.42 Å². The highest BCUT2D eigenvalue weighted by Gasteiger charge is 2.19. The van der Waals surface area contributed by atoms with Gasteiger partial charge in [0.2, 0.25) is 0 Å². The fourth-order valence-corrected chi connectivity index (χ4v) is 4.96. The van der Waals surface area contributed by atoms with Crippen LogP contribution in [0.25, 0.3) is 0 Å². The molecule has 0 radical (unpaired) electrons. The summed E-state index contributed by atoms with van der Waals surface area (Å²) >= 11 is 0. The molecule has 0 amide bonds. The Kier molecular flexibility index (Phi) is 8.97. The first-order chi connectivity index (χ1) is 14.9. The molecule has 1 N–H and O–H groups in total. The van der Waals surface area contributed by atoms with Crippen LogP contribution in [0.1, 0.15) is 50.2 Å². The Morgan fingerprint density at radius 3 is 2.19 bits per heavy atom. The van der Waals surface area contributed by atoms with E-state index in [0.29, 0.717) is 10.8 Å². The van der Waals surface area contributed by atoms with E-state index >= 15 is 0 Å². The fraction of sp³-hybridized carbons (Fsp3) is 0.538. The van der Waals surface area contributed by atoms with Crippen LogP contribution in [0.4, 0.5) is 5.69 Å². The van der Waals surface area contributed by atoms with Gasteiger partial charge < -0.3 is 10.2 Å². The number of hydrogen-bond donors (Lipinski definition) is 1. The fourth-order valence-electron chi connectivity index (χ4n) is 4.33. The Morgan fingerprint density at radius 1 is 0.935 bits per heavy atom. The zero-order valence-electron chi connectivity index (χ0n) is 19.1. The minimum Gasteiger partial charge on any atom is -0.385 e. The van der Waals surface area contributed by atoms with Gasteiger partial charge in [0.15, 0.2) is 9.84 Å². The van der Waals surface area contributed by atoms with Crippen molar-refractivity contribution in [3.8, 4) is 0 Å². The average molecular weight is 443 g/mol. The third-order valence-corrected chi connectivity index (χ3v) is 7.46. The molecule has 4 nitrogen and oxygen atoms in total. The SMILES string of the molecule is CCCCc1ccc(NCCCN2CCC(Cc3ccc(S(C)(=O)=O)cc3)CC2)cc1. The van der Waals surface area contributed by atoms with E-state index in [9.17, 15) is 8.42 Å². The van der Waals surface area contributed by atoms with Crippen molar-refractivity contribution in [1.29, 1.82) is 0 Å². The summed E-state index contributed by atoms with van der Waals surface area (Å²) in [6.07, 6.45) is 9.61. The van der Waals surface area contributed by atoms with Crippen LogP contribution in [-0.2, 0) is 22.7 Å². The van der Waals surface area contributed by atoms with Crippen LogP contribution < -0.4 is 5.32 Å². The maximum Gasteiger partial charge on any atom is 0.175 e. The molecular formula is C26H38N2O2S. The number of benzene rings is 2. The topological polar surface area (TPSA) is 49.4 Å². The first-order valence-corrected chi connectivity index (χ1v) is 13.7. The molecule has 1 aliphatic rings. The van der Waals surface area contributed by atoms with E-state index in [1.807, 2.05) is 12.1 Å². The molecule has 0 saturated carbocycles. The van der Waals surface area contributed by atoms with Gasteiger partial charge >= 0.3 is 0 Å². The summed E-state index contributed by atoms with van der Waals surface area (Å²) in [7, 11) is -3.11. The zero-order valence-corrected chi connectivity index (χ0v) is 20.0. The van der Waals surface area contributed by atoms with Gasteiger partial charge in [-0.15, -0.1) is 0 Å². The van der Waals surface area contributed by atoms with Crippen LogP contribution in [-0.4, -0.2) is 45.8 Å². The molecule has 1 heterocycles. The van der Waals surface area contributed by atoms with Crippen LogP contribution in [0.15, 0.2) is 53.4 Å². The largest absolute Gasteiger partial charge is 0.385 e. The summed E-state index contributed by atoms with van der Waals surface area (Å²) in [4.78, 5) is 2.99. The maximum atomic E-state index is 11.6. The van der Waals surface area contributed by atoms with Crippen molar-refractivity contribution in [3.05, 3.63) is 59.7 Å². The normalized spacial score (nSPS) is 15.8. The minimum absolute atomic E-state index is 0.409. The lowest BCUT2D eigenvalue weighted by atomic mass is 9.90. The number of sulfone groups is 1. The van der Waals surface area contributed by atoms with Crippen LogP contribution in [0.3, 0.4) is 0 Å². The second-order valence-corrected chi connectivity index (χ2v) is 11.0. The molecule has 0 atom stereocenters. The Morgan fingerprint density at radius 2 is 1.58 bits per heavy atom. The number of likely N-dealkylation sites (tertiary alicyclic amines) is 1. The van der Waals surface area contributed by atoms with Crippen LogP contribution >= 0.6 is 0 Å². The molecule has 170 valence electrons. The Hall–Kier alpha value is -1.85. The van der Waals surface area contributed by atoms with E-state index in [4.69, 9.17) is 0 Å². The van der Waals surface area contributed by atoms with Gasteiger partial charge in [0.25, 0.3) is 0 Å². The zero-order chi connectivity index (χ0) is 22.1. The van der Waals surface area contributed by atoms with Crippen molar-refractivity contribution >= 4 is 15.5 Å². The highest BCUT2D eigenvalue weighted by atomic mass is 32.2. The number of rotatable bonds is 11. The summed E-state index contributed by atoms with van der Waals surface area (Å²) in [5.41, 5.74) is 3.90. The number of aryl methyl sites for hydroxylation is 1. The average Bonchev–Trinajstić information content (AvgIpc) is 2.77. The number of hydrogen-bond acceptors (Lipinski definition) is 4. The number of nitrogens with zero attached hydrogens (tertiary/aromatic N) is 1. The second-order valence-electron chi connectivity index (χ2n) is 8.99. The van der Waals surface area contributed by atoms with Crippen molar-refractivity contribution < 1.29 is 8.42 Å². The van der Waals surface area contributed by atoms with E-state index in [2.05, 4.69) is 41.4 Å². The molecule has 1 saturated heterocycles. The standard InChI is InChI=1S/C26H38N2O2S/c1-3-4-6-22-7-11-25(12-8-22)27-17-5-18-28-19-15-24(16-20-28)21-23-9-13-26(14-10-23)31(2,29)30/h7-14,24,27H,3-6,15-21H2,1-2H3. The summed E-state index contributed by atoms with van der Waals surface area (Å²) in [6, 6.07) is 16.3. The molecule has 0 bridgehead atoms. The van der Waals surface area contributed by atoms with Gasteiger partial charge in [0.05, 0.1) is 4.90 Å². The highest BCUT2D eigenvalue weighted by Crippen LogP contribution is 2.22. The Labute approximate surface area is 189 Å². The molecule has 3 rings (SSSR count). The predicted octanol–water partition coefficient (Wildman–Crippen LogP) is 5.19. The lowest BCUT2D eigenvalue weighted by molar-refractivity contribution is 0.183. The second kappa shape index (κ2) is 11.7. The first-order valence-electron chi connectivity index (χ1n) is 11.8. The summed E-state index contributed by atoms with van der Waals surface area (Å²) in [5, 5.41) is 3.55. The molecule has 2 aromatic carbocycles. The molecule has 0 aromatic heterocycles. The van der Waals surface area contributed by atoms with E-state index in [1.165, 1.54) is 55.2 Å². The van der Waals surface area contributed by atoms with Crippen molar-refractivity contribution in [2.24, 2.45) is 5.92 Å². The van der Waals surface area contributed by atoms with Crippen LogP contribution in [0, 0.1) is 5.92 Å². The first kappa shape index (κ1) is 23.8. The highest BCUT2D eigenvalue weighted by molar-refractivity contribution is 7.90. The van der Waals surface area contributed by atoms with Crippen molar-refractivity contribution in [3.63, 3.8) is 0 Å². The molecular weight excluding hydrogens is 404 g/mol. The molecule has 1 aliphatic heterocycles. The van der Waals surface area contributed by atoms with Crippen LogP contribution in [0.5, 0.6) is 0 Å². The van der Waals surface area contributed by atoms with Crippen LogP contribution in [0.2, 0.25) is 0 Å². The van der Waals surface area contributed by atoms with E-state index in [0.717, 1.165) is 39.0 Å². The van der Waals surface area contributed by atoms with Gasteiger partial charge in [-0.3, -0.25) is 0 Å². The molecule has 0 spiro atoms. The van der Waals surface area contributed by atoms with E-state index in [1.54, 1.807) is 12.1 Å². The maximum absolute atomic E-state index is 11.6. The molecule has 2 aromatic rings. The molecule has 0 unspecified atom stereocenters. The van der Waals surface area contributed by atoms with E-state index in [-0.39, 0.29) is 0 Å². The lowest BCUT2D eigenvalue weighted by Crippen LogP contribution is -2.35. The van der Waals surface area contributed by atoms with Crippen molar-refractivity contribution in [2.45, 2.75) is 56.8 Å². The number of piperidine rings is 1. The van der Waals surface area contributed by atoms with E-state index < -0.39 is 9.84 Å². The number of anilines is 1.